The molecule has 2 N–H and O–H groups in total. The first-order chi connectivity index (χ1) is 9.58. The van der Waals surface area contributed by atoms with Crippen LogP contribution in [0.4, 0.5) is 10.1 Å². The maximum atomic E-state index is 13.0. The highest BCUT2D eigenvalue weighted by Gasteiger charge is 2.38. The summed E-state index contributed by atoms with van der Waals surface area (Å²) < 4.78 is 13.0. The van der Waals surface area contributed by atoms with E-state index in [0.29, 0.717) is 17.7 Å². The summed E-state index contributed by atoms with van der Waals surface area (Å²) in [5.41, 5.74) is -0.0338. The maximum Gasteiger partial charge on any atom is 0.334 e. The second-order valence-corrected chi connectivity index (χ2v) is 4.56. The quantitative estimate of drug-likeness (QED) is 0.874. The molecule has 0 amide bonds. The Kier molecular flexibility index (Phi) is 4.03. The van der Waals surface area contributed by atoms with Crippen LogP contribution in [0.5, 0.6) is 0 Å². The Morgan fingerprint density at radius 2 is 1.75 bits per heavy atom. The zero-order valence-electron chi connectivity index (χ0n) is 11.1. The topological polar surface area (TPSA) is 49.3 Å². The second kappa shape index (κ2) is 5.74. The molecule has 0 aromatic heterocycles. The van der Waals surface area contributed by atoms with Crippen molar-refractivity contribution in [3.8, 4) is 0 Å². The van der Waals surface area contributed by atoms with Gasteiger partial charge in [-0.3, -0.25) is 0 Å². The number of aliphatic carboxylic acids is 1. The lowest BCUT2D eigenvalue weighted by atomic mass is 9.87. The monoisotopic (exact) mass is 273 g/mol. The van der Waals surface area contributed by atoms with E-state index in [-0.39, 0.29) is 5.82 Å². The average Bonchev–Trinajstić information content (AvgIpc) is 2.46. The summed E-state index contributed by atoms with van der Waals surface area (Å²) in [6.07, 6.45) is 0.336. The largest absolute Gasteiger partial charge is 0.479 e. The van der Waals surface area contributed by atoms with E-state index in [1.165, 1.54) is 24.3 Å². The van der Waals surface area contributed by atoms with E-state index in [2.05, 4.69) is 5.32 Å². The number of rotatable bonds is 5. The minimum absolute atomic E-state index is 0.336. The molecule has 20 heavy (non-hydrogen) atoms. The first kappa shape index (κ1) is 14.1. The molecule has 0 heterocycles. The standard InChI is InChI=1S/C16H16FNO2/c1-2-16(15(19)20,12-8-10-13(17)11-9-12)18-14-6-4-3-5-7-14/h3-11,18H,2H2,1H3,(H,19,20). The van der Waals surface area contributed by atoms with Gasteiger partial charge in [0.25, 0.3) is 0 Å². The molecule has 0 saturated heterocycles. The molecule has 104 valence electrons. The van der Waals surface area contributed by atoms with Crippen molar-refractivity contribution in [3.63, 3.8) is 0 Å². The number of benzene rings is 2. The van der Waals surface area contributed by atoms with E-state index in [4.69, 9.17) is 0 Å². The first-order valence-electron chi connectivity index (χ1n) is 6.41. The van der Waals surface area contributed by atoms with Crippen LogP contribution in [-0.2, 0) is 10.3 Å². The molecule has 2 aromatic carbocycles. The lowest BCUT2D eigenvalue weighted by molar-refractivity contribution is -0.142. The van der Waals surface area contributed by atoms with Crippen molar-refractivity contribution in [3.05, 3.63) is 66.0 Å². The molecule has 0 aliphatic rings. The Labute approximate surface area is 117 Å². The zero-order valence-corrected chi connectivity index (χ0v) is 11.1. The minimum Gasteiger partial charge on any atom is -0.479 e. The molecule has 0 aliphatic heterocycles. The van der Waals surface area contributed by atoms with Gasteiger partial charge in [0.2, 0.25) is 0 Å². The molecule has 1 atom stereocenters. The Morgan fingerprint density at radius 1 is 1.15 bits per heavy atom. The van der Waals surface area contributed by atoms with Gasteiger partial charge in [0, 0.05) is 5.69 Å². The van der Waals surface area contributed by atoms with Gasteiger partial charge >= 0.3 is 5.97 Å². The molecular weight excluding hydrogens is 257 g/mol. The molecule has 1 unspecified atom stereocenters. The number of hydrogen-bond donors (Lipinski definition) is 2. The van der Waals surface area contributed by atoms with E-state index in [9.17, 15) is 14.3 Å². The Morgan fingerprint density at radius 3 is 2.25 bits per heavy atom. The van der Waals surface area contributed by atoms with E-state index >= 15 is 0 Å². The third-order valence-corrected chi connectivity index (χ3v) is 3.36. The molecular formula is C16H16FNO2. The van der Waals surface area contributed by atoms with Gasteiger partial charge in [-0.1, -0.05) is 37.3 Å². The van der Waals surface area contributed by atoms with Crippen molar-refractivity contribution in [2.24, 2.45) is 0 Å². The lowest BCUT2D eigenvalue weighted by Crippen LogP contribution is -2.43. The summed E-state index contributed by atoms with van der Waals surface area (Å²) in [5, 5.41) is 12.7. The number of para-hydroxylation sites is 1. The van der Waals surface area contributed by atoms with Gasteiger partial charge in [-0.15, -0.1) is 0 Å². The third-order valence-electron chi connectivity index (χ3n) is 3.36. The molecule has 0 aliphatic carbocycles. The molecule has 0 spiro atoms. The summed E-state index contributed by atoms with van der Waals surface area (Å²) in [7, 11) is 0. The fourth-order valence-corrected chi connectivity index (χ4v) is 2.20. The number of carboxylic acid groups (broad SMARTS) is 1. The van der Waals surface area contributed by atoms with Crippen molar-refractivity contribution in [2.45, 2.75) is 18.9 Å². The van der Waals surface area contributed by atoms with E-state index in [1.807, 2.05) is 18.2 Å². The lowest BCUT2D eigenvalue weighted by Gasteiger charge is -2.31. The Hall–Kier alpha value is -2.36. The highest BCUT2D eigenvalue weighted by atomic mass is 19.1. The van der Waals surface area contributed by atoms with Gasteiger partial charge in [-0.2, -0.15) is 0 Å². The van der Waals surface area contributed by atoms with Crippen molar-refractivity contribution in [1.82, 2.24) is 0 Å². The molecule has 4 heteroatoms. The average molecular weight is 273 g/mol. The van der Waals surface area contributed by atoms with Gasteiger partial charge < -0.3 is 10.4 Å². The molecule has 2 rings (SSSR count). The molecule has 0 fully saturated rings. The minimum atomic E-state index is -1.27. The van der Waals surface area contributed by atoms with Crippen LogP contribution in [0.15, 0.2) is 54.6 Å². The van der Waals surface area contributed by atoms with Crippen LogP contribution in [0.25, 0.3) is 0 Å². The number of carboxylic acids is 1. The fourth-order valence-electron chi connectivity index (χ4n) is 2.20. The maximum absolute atomic E-state index is 13.0. The predicted octanol–water partition coefficient (Wildman–Crippen LogP) is 3.63. The Bertz CT molecular complexity index is 583. The summed E-state index contributed by atoms with van der Waals surface area (Å²) in [4.78, 5) is 11.8. The molecule has 2 aromatic rings. The van der Waals surface area contributed by atoms with Gasteiger partial charge in [0.1, 0.15) is 5.82 Å². The molecule has 0 saturated carbocycles. The van der Waals surface area contributed by atoms with E-state index < -0.39 is 11.5 Å². The first-order valence-corrected chi connectivity index (χ1v) is 6.41. The van der Waals surface area contributed by atoms with Crippen molar-refractivity contribution >= 4 is 11.7 Å². The SMILES string of the molecule is CCC(Nc1ccccc1)(C(=O)O)c1ccc(F)cc1. The van der Waals surface area contributed by atoms with Gasteiger partial charge in [-0.25, -0.2) is 9.18 Å². The number of halogens is 1. The van der Waals surface area contributed by atoms with Crippen LogP contribution < -0.4 is 5.32 Å². The normalized spacial score (nSPS) is 13.5. The molecule has 3 nitrogen and oxygen atoms in total. The summed E-state index contributed by atoms with van der Waals surface area (Å²) in [5.74, 6) is -1.38. The van der Waals surface area contributed by atoms with Crippen LogP contribution in [0.2, 0.25) is 0 Å². The Balaban J connectivity index is 2.45. The van der Waals surface area contributed by atoms with Crippen LogP contribution in [0.1, 0.15) is 18.9 Å². The van der Waals surface area contributed by atoms with Crippen LogP contribution in [0.3, 0.4) is 0 Å². The van der Waals surface area contributed by atoms with Crippen molar-refractivity contribution in [1.29, 1.82) is 0 Å². The van der Waals surface area contributed by atoms with E-state index in [1.54, 1.807) is 19.1 Å². The van der Waals surface area contributed by atoms with Crippen LogP contribution in [0, 0.1) is 5.82 Å². The van der Waals surface area contributed by atoms with Crippen LogP contribution >= 0.6 is 0 Å². The predicted molar refractivity (Wildman–Crippen MR) is 76.1 cm³/mol. The highest BCUT2D eigenvalue weighted by molar-refractivity contribution is 5.84. The number of carbonyl (C=O) groups is 1. The van der Waals surface area contributed by atoms with Crippen molar-refractivity contribution < 1.29 is 14.3 Å². The van der Waals surface area contributed by atoms with Gasteiger partial charge in [-0.05, 0) is 36.2 Å². The fraction of sp³-hybridized carbons (Fsp3) is 0.188. The van der Waals surface area contributed by atoms with Crippen molar-refractivity contribution in [2.75, 3.05) is 5.32 Å². The summed E-state index contributed by atoms with van der Waals surface area (Å²) >= 11 is 0. The highest BCUT2D eigenvalue weighted by Crippen LogP contribution is 2.30. The number of anilines is 1. The van der Waals surface area contributed by atoms with Gasteiger partial charge in [0.15, 0.2) is 5.54 Å². The molecule has 0 bridgehead atoms. The van der Waals surface area contributed by atoms with Gasteiger partial charge in [0.05, 0.1) is 0 Å². The summed E-state index contributed by atoms with van der Waals surface area (Å²) in [6, 6.07) is 14.7. The van der Waals surface area contributed by atoms with E-state index in [0.717, 1.165) is 0 Å². The smallest absolute Gasteiger partial charge is 0.334 e. The molecule has 0 radical (unpaired) electrons. The zero-order chi connectivity index (χ0) is 14.6. The summed E-state index contributed by atoms with van der Waals surface area (Å²) in [6.45, 7) is 1.79. The number of nitrogens with one attached hydrogen (secondary N) is 1. The second-order valence-electron chi connectivity index (χ2n) is 4.56. The number of hydrogen-bond acceptors (Lipinski definition) is 2. The third kappa shape index (κ3) is 2.64. The van der Waals surface area contributed by atoms with Crippen LogP contribution in [-0.4, -0.2) is 11.1 Å².